The van der Waals surface area contributed by atoms with Crippen molar-refractivity contribution < 1.29 is 9.90 Å². The van der Waals surface area contributed by atoms with E-state index in [1.165, 1.54) is 6.42 Å². The van der Waals surface area contributed by atoms with Crippen molar-refractivity contribution in [1.29, 1.82) is 0 Å². The number of nitrogens with zero attached hydrogens (tertiary/aromatic N) is 2. The average Bonchev–Trinajstić information content (AvgIpc) is 3.01. The molecule has 2 aromatic rings. The third-order valence-corrected chi connectivity index (χ3v) is 7.84. The predicted octanol–water partition coefficient (Wildman–Crippen LogP) is 3.78. The molecule has 4 bridgehead atoms. The molecular weight excluding hydrogens is 350 g/mol. The van der Waals surface area contributed by atoms with Crippen LogP contribution in [0.15, 0.2) is 24.3 Å². The van der Waals surface area contributed by atoms with Crippen molar-refractivity contribution in [3.8, 4) is 0 Å². The molecule has 4 fully saturated rings. The van der Waals surface area contributed by atoms with E-state index < -0.39 is 11.0 Å². The fraction of sp³-hybridized carbons (Fsp3) is 0.652. The second-order valence-electron chi connectivity index (χ2n) is 9.81. The van der Waals surface area contributed by atoms with E-state index in [0.717, 1.165) is 55.5 Å². The van der Waals surface area contributed by atoms with E-state index in [0.29, 0.717) is 18.9 Å². The number of para-hydroxylation sites is 2. The molecule has 4 aliphatic rings. The third-order valence-electron chi connectivity index (χ3n) is 7.84. The van der Waals surface area contributed by atoms with Crippen molar-refractivity contribution in [2.24, 2.45) is 16.7 Å². The van der Waals surface area contributed by atoms with Crippen molar-refractivity contribution in [2.45, 2.75) is 77.5 Å². The fourth-order valence-electron chi connectivity index (χ4n) is 7.19. The van der Waals surface area contributed by atoms with Gasteiger partial charge in [-0.3, -0.25) is 4.79 Å². The lowest BCUT2D eigenvalue weighted by atomic mass is 9.42. The summed E-state index contributed by atoms with van der Waals surface area (Å²) >= 11 is 0. The Hall–Kier alpha value is -1.88. The summed E-state index contributed by atoms with van der Waals surface area (Å²) in [6, 6.07) is 8.13. The van der Waals surface area contributed by atoms with Crippen LogP contribution in [0.5, 0.6) is 0 Å². The van der Waals surface area contributed by atoms with Gasteiger partial charge in [0.15, 0.2) is 0 Å². The molecule has 1 amide bonds. The quantitative estimate of drug-likeness (QED) is 0.828. The maximum Gasteiger partial charge on any atom is 0.226 e. The van der Waals surface area contributed by atoms with Crippen LogP contribution in [-0.4, -0.2) is 26.2 Å². The first kappa shape index (κ1) is 18.2. The number of aryl methyl sites for hydroxylation is 1. The number of carbonyl (C=O) groups excluding carboxylic acids is 1. The zero-order valence-electron chi connectivity index (χ0n) is 17.0. The van der Waals surface area contributed by atoms with Gasteiger partial charge >= 0.3 is 0 Å². The number of aliphatic hydroxyl groups is 1. The van der Waals surface area contributed by atoms with E-state index in [4.69, 9.17) is 4.98 Å². The number of nitrogens with one attached hydrogen (secondary N) is 1. The number of carbonyl (C=O) groups is 1. The van der Waals surface area contributed by atoms with Crippen molar-refractivity contribution in [3.05, 3.63) is 30.1 Å². The van der Waals surface area contributed by atoms with Crippen molar-refractivity contribution in [1.82, 2.24) is 14.9 Å². The van der Waals surface area contributed by atoms with Crippen LogP contribution in [-0.2, 0) is 17.9 Å². The van der Waals surface area contributed by atoms with Crippen molar-refractivity contribution in [2.75, 3.05) is 0 Å². The van der Waals surface area contributed by atoms with Crippen LogP contribution in [0.4, 0.5) is 0 Å². The highest BCUT2D eigenvalue weighted by Crippen LogP contribution is 2.67. The molecule has 0 aliphatic heterocycles. The molecule has 4 saturated carbocycles. The van der Waals surface area contributed by atoms with E-state index in [1.807, 2.05) is 18.2 Å². The van der Waals surface area contributed by atoms with Gasteiger partial charge < -0.3 is 15.0 Å². The second kappa shape index (κ2) is 6.06. The predicted molar refractivity (Wildman–Crippen MR) is 109 cm³/mol. The Morgan fingerprint density at radius 2 is 2.04 bits per heavy atom. The molecule has 5 heteroatoms. The standard InChI is InChI=1S/C23H31N3O2/c1-3-21-9-16-10-22(13-21,15-23(28,11-16)14-21)20(27)24-12-19-25-17-7-5-6-8-18(17)26(19)4-2/h5-8,16,28H,3-4,9-15H2,1-2H3,(H,24,27). The first-order valence-corrected chi connectivity index (χ1v) is 10.8. The number of rotatable bonds is 5. The average molecular weight is 382 g/mol. The van der Waals surface area contributed by atoms with Crippen LogP contribution in [0, 0.1) is 16.7 Å². The van der Waals surface area contributed by atoms with Crippen LogP contribution in [0.1, 0.15) is 64.6 Å². The lowest BCUT2D eigenvalue weighted by molar-refractivity contribution is -0.204. The Balaban J connectivity index is 1.39. The lowest BCUT2D eigenvalue weighted by Gasteiger charge is -2.64. The Morgan fingerprint density at radius 3 is 2.79 bits per heavy atom. The van der Waals surface area contributed by atoms with E-state index in [-0.39, 0.29) is 11.3 Å². The summed E-state index contributed by atoms with van der Waals surface area (Å²) < 4.78 is 2.18. The summed E-state index contributed by atoms with van der Waals surface area (Å²) in [5.41, 5.74) is 1.21. The van der Waals surface area contributed by atoms with Crippen molar-refractivity contribution in [3.63, 3.8) is 0 Å². The summed E-state index contributed by atoms with van der Waals surface area (Å²) in [6.45, 7) is 5.62. The minimum absolute atomic E-state index is 0.127. The van der Waals surface area contributed by atoms with Crippen molar-refractivity contribution >= 4 is 16.9 Å². The maximum atomic E-state index is 13.4. The smallest absolute Gasteiger partial charge is 0.226 e. The Morgan fingerprint density at radius 1 is 1.21 bits per heavy atom. The minimum Gasteiger partial charge on any atom is -0.390 e. The van der Waals surface area contributed by atoms with Crippen LogP contribution >= 0.6 is 0 Å². The molecule has 0 radical (unpaired) electrons. The van der Waals surface area contributed by atoms with E-state index >= 15 is 0 Å². The third kappa shape index (κ3) is 2.62. The minimum atomic E-state index is -0.636. The van der Waals surface area contributed by atoms with Gasteiger partial charge in [-0.25, -0.2) is 4.98 Å². The molecule has 6 rings (SSSR count). The first-order chi connectivity index (χ1) is 13.4. The van der Waals surface area contributed by atoms with Crippen LogP contribution in [0.25, 0.3) is 11.0 Å². The van der Waals surface area contributed by atoms with Crippen LogP contribution < -0.4 is 5.32 Å². The summed E-state index contributed by atoms with van der Waals surface area (Å²) in [6.07, 6.45) is 6.52. The number of imidazole rings is 1. The number of hydrogen-bond acceptors (Lipinski definition) is 3. The fourth-order valence-corrected chi connectivity index (χ4v) is 7.19. The second-order valence-corrected chi connectivity index (χ2v) is 9.81. The highest BCUT2D eigenvalue weighted by molar-refractivity contribution is 5.83. The first-order valence-electron chi connectivity index (χ1n) is 10.8. The van der Waals surface area contributed by atoms with Gasteiger partial charge in [0.1, 0.15) is 5.82 Å². The van der Waals surface area contributed by atoms with Gasteiger partial charge in [0.25, 0.3) is 0 Å². The zero-order valence-corrected chi connectivity index (χ0v) is 17.0. The monoisotopic (exact) mass is 381 g/mol. The molecule has 0 saturated heterocycles. The lowest BCUT2D eigenvalue weighted by Crippen LogP contribution is -2.63. The molecule has 1 aromatic carbocycles. The number of benzene rings is 1. The van der Waals surface area contributed by atoms with Gasteiger partial charge in [0, 0.05) is 6.54 Å². The van der Waals surface area contributed by atoms with Gasteiger partial charge in [-0.2, -0.15) is 0 Å². The molecule has 1 heterocycles. The van der Waals surface area contributed by atoms with Crippen LogP contribution in [0.3, 0.4) is 0 Å². The van der Waals surface area contributed by atoms with Gasteiger partial charge in [0.2, 0.25) is 5.91 Å². The molecular formula is C23H31N3O2. The molecule has 28 heavy (non-hydrogen) atoms. The molecule has 0 spiro atoms. The highest BCUT2D eigenvalue weighted by atomic mass is 16.3. The molecule has 2 N–H and O–H groups in total. The molecule has 1 aromatic heterocycles. The van der Waals surface area contributed by atoms with Crippen LogP contribution in [0.2, 0.25) is 0 Å². The van der Waals surface area contributed by atoms with E-state index in [2.05, 4.69) is 29.8 Å². The molecule has 4 unspecified atom stereocenters. The molecule has 4 aliphatic carbocycles. The number of fused-ring (bicyclic) bond motifs is 1. The normalized spacial score (nSPS) is 36.2. The van der Waals surface area contributed by atoms with Gasteiger partial charge in [0.05, 0.1) is 28.6 Å². The molecule has 150 valence electrons. The van der Waals surface area contributed by atoms with E-state index in [1.54, 1.807) is 0 Å². The zero-order chi connectivity index (χ0) is 19.6. The van der Waals surface area contributed by atoms with Gasteiger partial charge in [-0.1, -0.05) is 25.5 Å². The highest BCUT2D eigenvalue weighted by Gasteiger charge is 2.64. The summed E-state index contributed by atoms with van der Waals surface area (Å²) in [5.74, 6) is 1.53. The SMILES string of the molecule is CCn1c(CNC(=O)C23CC4CC(O)(CC(CC)(C4)C2)C3)nc2ccccc21. The molecule has 5 nitrogen and oxygen atoms in total. The maximum absolute atomic E-state index is 13.4. The van der Waals surface area contributed by atoms with E-state index in [9.17, 15) is 9.90 Å². The summed E-state index contributed by atoms with van der Waals surface area (Å²) in [7, 11) is 0. The largest absolute Gasteiger partial charge is 0.390 e. The summed E-state index contributed by atoms with van der Waals surface area (Å²) in [4.78, 5) is 18.2. The topological polar surface area (TPSA) is 67.2 Å². The number of aromatic nitrogens is 2. The Labute approximate surface area is 166 Å². The summed E-state index contributed by atoms with van der Waals surface area (Å²) in [5, 5.41) is 14.4. The van der Waals surface area contributed by atoms with Gasteiger partial charge in [-0.15, -0.1) is 0 Å². The Bertz CT molecular complexity index is 937. The number of hydrogen-bond donors (Lipinski definition) is 2. The number of amides is 1. The molecule has 4 atom stereocenters. The van der Waals surface area contributed by atoms with Gasteiger partial charge in [-0.05, 0) is 68.9 Å². The Kier molecular flexibility index (Phi) is 3.93.